The molecule has 10 heteroatoms. The number of aryl methyl sites for hydroxylation is 1. The van der Waals surface area contributed by atoms with Gasteiger partial charge in [0.1, 0.15) is 16.9 Å². The van der Waals surface area contributed by atoms with Crippen LogP contribution in [-0.4, -0.2) is 68.7 Å². The summed E-state index contributed by atoms with van der Waals surface area (Å²) in [5.74, 6) is 1.39. The van der Waals surface area contributed by atoms with E-state index in [0.717, 1.165) is 42.2 Å². The third-order valence-corrected chi connectivity index (χ3v) is 10.0. The van der Waals surface area contributed by atoms with Crippen molar-refractivity contribution in [3.8, 4) is 17.3 Å². The molecule has 2 saturated carbocycles. The molecule has 10 nitrogen and oxygen atoms in total. The SMILES string of the molecule is COc1cc(C(=O)N2C[C@H]3CC[C@@H]2[C@@H]3NC(=O)OC(C)(C)C)cc2nc(-c3cc4cccc5c4n3C(C3CC3)CN5)c(C)n12. The highest BCUT2D eigenvalue weighted by atomic mass is 16.6. The topological polar surface area (TPSA) is 102 Å². The Morgan fingerprint density at radius 3 is 2.59 bits per heavy atom. The summed E-state index contributed by atoms with van der Waals surface area (Å²) in [5.41, 5.74) is 6.04. The average molecular weight is 597 g/mol. The number of anilines is 1. The molecular weight excluding hydrogens is 556 g/mol. The Morgan fingerprint density at radius 1 is 1.05 bits per heavy atom. The number of amides is 2. The highest BCUT2D eigenvalue weighted by molar-refractivity contribution is 5.98. The van der Waals surface area contributed by atoms with Crippen LogP contribution < -0.4 is 15.4 Å². The van der Waals surface area contributed by atoms with Crippen LogP contribution in [-0.2, 0) is 4.74 Å². The number of para-hydroxylation sites is 1. The molecule has 1 saturated heterocycles. The third kappa shape index (κ3) is 4.24. The standard InChI is InChI=1S/C34H40N6O4/c1-18-29(25-13-20-7-6-8-23-31(20)40(25)26(16-35-23)19-9-10-19)36-27-14-22(15-28(43-5)39(18)27)32(41)38-17-21-11-12-24(38)30(21)37-33(42)44-34(2,3)4/h6-8,13-15,19,21,24,26,30,35H,9-12,16-17H2,1-5H3,(H,37,42)/t21-,24-,26?,30-/m1/s1. The molecule has 0 radical (unpaired) electrons. The second-order valence-electron chi connectivity index (χ2n) is 14.0. The highest BCUT2D eigenvalue weighted by Crippen LogP contribution is 2.48. The van der Waals surface area contributed by atoms with E-state index < -0.39 is 11.7 Å². The molecule has 2 aliphatic carbocycles. The zero-order valence-electron chi connectivity index (χ0n) is 26.0. The van der Waals surface area contributed by atoms with Crippen molar-refractivity contribution in [1.82, 2.24) is 24.2 Å². The number of likely N-dealkylation sites (tertiary alicyclic amines) is 1. The number of imidazole rings is 1. The molecule has 1 unspecified atom stereocenters. The quantitative estimate of drug-likeness (QED) is 0.303. The molecule has 2 bridgehead atoms. The minimum atomic E-state index is -0.576. The van der Waals surface area contributed by atoms with Crippen molar-refractivity contribution in [2.75, 3.05) is 25.5 Å². The monoisotopic (exact) mass is 596 g/mol. The Hall–Kier alpha value is -4.21. The van der Waals surface area contributed by atoms with Gasteiger partial charge in [-0.1, -0.05) is 12.1 Å². The number of fused-ring (bicyclic) bond motifs is 3. The lowest BCUT2D eigenvalue weighted by Gasteiger charge is -2.29. The molecular formula is C34H40N6O4. The molecule has 44 heavy (non-hydrogen) atoms. The van der Waals surface area contributed by atoms with E-state index in [4.69, 9.17) is 14.5 Å². The maximum Gasteiger partial charge on any atom is 0.407 e. The van der Waals surface area contributed by atoms with Gasteiger partial charge in [0.15, 0.2) is 5.88 Å². The summed E-state index contributed by atoms with van der Waals surface area (Å²) in [6.45, 7) is 9.15. The Bertz CT molecular complexity index is 1830. The number of nitrogens with zero attached hydrogens (tertiary/aromatic N) is 4. The second kappa shape index (κ2) is 9.64. The van der Waals surface area contributed by atoms with Crippen LogP contribution in [0.15, 0.2) is 36.4 Å². The molecule has 4 atom stereocenters. The number of carbonyl (C=O) groups excluding carboxylic acids is 2. The van der Waals surface area contributed by atoms with Gasteiger partial charge in [-0.3, -0.25) is 9.20 Å². The fraction of sp³-hybridized carbons (Fsp3) is 0.500. The van der Waals surface area contributed by atoms with E-state index in [1.807, 2.05) is 42.2 Å². The molecule has 4 aromatic rings. The number of pyridine rings is 1. The van der Waals surface area contributed by atoms with Gasteiger partial charge >= 0.3 is 6.09 Å². The lowest BCUT2D eigenvalue weighted by atomic mass is 10.1. The molecule has 2 amide bonds. The molecule has 3 fully saturated rings. The number of rotatable bonds is 5. The maximum atomic E-state index is 14.0. The number of ether oxygens (including phenoxy) is 2. The van der Waals surface area contributed by atoms with Gasteiger partial charge in [-0.2, -0.15) is 0 Å². The number of methoxy groups -OCH3 is 1. The third-order valence-electron chi connectivity index (χ3n) is 10.0. The van der Waals surface area contributed by atoms with E-state index in [1.54, 1.807) is 7.11 Å². The molecule has 0 spiro atoms. The van der Waals surface area contributed by atoms with Crippen LogP contribution in [0.3, 0.4) is 0 Å². The van der Waals surface area contributed by atoms with Gasteiger partial charge in [0.2, 0.25) is 0 Å². The van der Waals surface area contributed by atoms with Gasteiger partial charge in [-0.05, 0) is 83.4 Å². The minimum Gasteiger partial charge on any atom is -0.482 e. The number of alkyl carbamates (subject to hydrolysis) is 1. The lowest BCUT2D eigenvalue weighted by Crippen LogP contribution is -2.46. The second-order valence-corrected chi connectivity index (χ2v) is 14.0. The normalized spacial score (nSPS) is 24.2. The van der Waals surface area contributed by atoms with Gasteiger partial charge in [-0.15, -0.1) is 0 Å². The van der Waals surface area contributed by atoms with Gasteiger partial charge < -0.3 is 29.6 Å². The molecule has 5 heterocycles. The number of nitrogens with one attached hydrogen (secondary N) is 2. The van der Waals surface area contributed by atoms with Gasteiger partial charge in [0.05, 0.1) is 47.8 Å². The smallest absolute Gasteiger partial charge is 0.407 e. The zero-order chi connectivity index (χ0) is 30.5. The van der Waals surface area contributed by atoms with E-state index in [0.29, 0.717) is 35.6 Å². The summed E-state index contributed by atoms with van der Waals surface area (Å²) in [6, 6.07) is 12.6. The zero-order valence-corrected chi connectivity index (χ0v) is 26.0. The van der Waals surface area contributed by atoms with Gasteiger partial charge in [-0.25, -0.2) is 9.78 Å². The van der Waals surface area contributed by atoms with Crippen LogP contribution in [0.5, 0.6) is 5.88 Å². The minimum absolute atomic E-state index is 0.0655. The Balaban J connectivity index is 1.15. The van der Waals surface area contributed by atoms with Crippen LogP contribution in [0, 0.1) is 18.8 Å². The molecule has 4 aliphatic rings. The molecule has 230 valence electrons. The number of carbonyl (C=O) groups is 2. The summed E-state index contributed by atoms with van der Waals surface area (Å²) < 4.78 is 15.9. The van der Waals surface area contributed by atoms with Crippen molar-refractivity contribution in [2.45, 2.75) is 77.1 Å². The van der Waals surface area contributed by atoms with E-state index in [2.05, 4.69) is 46.4 Å². The van der Waals surface area contributed by atoms with Gasteiger partial charge in [0, 0.05) is 30.1 Å². The molecule has 3 aromatic heterocycles. The Morgan fingerprint density at radius 2 is 1.84 bits per heavy atom. The Labute approximate surface area is 256 Å². The summed E-state index contributed by atoms with van der Waals surface area (Å²) in [7, 11) is 1.64. The van der Waals surface area contributed by atoms with Crippen LogP contribution >= 0.6 is 0 Å². The van der Waals surface area contributed by atoms with E-state index >= 15 is 0 Å². The number of hydrogen-bond acceptors (Lipinski definition) is 6. The van der Waals surface area contributed by atoms with Crippen LogP contribution in [0.1, 0.15) is 68.5 Å². The summed E-state index contributed by atoms with van der Waals surface area (Å²) in [5, 5.41) is 7.93. The lowest BCUT2D eigenvalue weighted by molar-refractivity contribution is 0.0485. The van der Waals surface area contributed by atoms with Crippen LogP contribution in [0.2, 0.25) is 0 Å². The summed E-state index contributed by atoms with van der Waals surface area (Å²) in [4.78, 5) is 33.7. The molecule has 2 N–H and O–H groups in total. The molecule has 8 rings (SSSR count). The van der Waals surface area contributed by atoms with E-state index in [-0.39, 0.29) is 23.9 Å². The number of hydrogen-bond donors (Lipinski definition) is 2. The maximum absolute atomic E-state index is 14.0. The fourth-order valence-corrected chi connectivity index (χ4v) is 7.97. The van der Waals surface area contributed by atoms with E-state index in [9.17, 15) is 9.59 Å². The highest BCUT2D eigenvalue weighted by Gasteiger charge is 2.50. The molecule has 2 aliphatic heterocycles. The first-order chi connectivity index (χ1) is 21.1. The first-order valence-electron chi connectivity index (χ1n) is 15.9. The van der Waals surface area contributed by atoms with Crippen molar-refractivity contribution in [3.05, 3.63) is 47.7 Å². The van der Waals surface area contributed by atoms with Crippen LogP contribution in [0.25, 0.3) is 27.9 Å². The van der Waals surface area contributed by atoms with Crippen molar-refractivity contribution in [3.63, 3.8) is 0 Å². The largest absolute Gasteiger partial charge is 0.482 e. The average Bonchev–Trinajstić information content (AvgIpc) is 3.40. The predicted molar refractivity (Wildman–Crippen MR) is 168 cm³/mol. The fourth-order valence-electron chi connectivity index (χ4n) is 7.97. The van der Waals surface area contributed by atoms with E-state index in [1.165, 1.54) is 23.7 Å². The van der Waals surface area contributed by atoms with Crippen molar-refractivity contribution >= 4 is 34.2 Å². The molecule has 1 aromatic carbocycles. The van der Waals surface area contributed by atoms with Gasteiger partial charge in [0.25, 0.3) is 5.91 Å². The van der Waals surface area contributed by atoms with Crippen molar-refractivity contribution in [1.29, 1.82) is 0 Å². The number of aromatic nitrogens is 3. The van der Waals surface area contributed by atoms with Crippen LogP contribution in [0.4, 0.5) is 10.5 Å². The van der Waals surface area contributed by atoms with Crippen molar-refractivity contribution in [2.24, 2.45) is 11.8 Å². The Kier molecular flexibility index (Phi) is 5.99. The number of benzene rings is 1. The summed E-state index contributed by atoms with van der Waals surface area (Å²) in [6.07, 6.45) is 3.91. The predicted octanol–water partition coefficient (Wildman–Crippen LogP) is 5.78. The first-order valence-corrected chi connectivity index (χ1v) is 15.9. The first kappa shape index (κ1) is 27.3. The summed E-state index contributed by atoms with van der Waals surface area (Å²) >= 11 is 0. The number of piperidine rings is 1. The van der Waals surface area contributed by atoms with Crippen molar-refractivity contribution < 1.29 is 19.1 Å².